The number of nitrogens with zero attached hydrogens (tertiary/aromatic N) is 3. The number of hydrogen-bond donors (Lipinski definition) is 1. The largest absolute Gasteiger partial charge is 0.344 e. The van der Waals surface area contributed by atoms with Gasteiger partial charge in [-0.1, -0.05) is 30.3 Å². The standard InChI is InChI=1S/C19H26N4O/c1-22(14-16-9-11-23-12-10-21-18(23)13-16)19(24)17(20)8-7-15-5-3-2-4-6-15/h2-6,10,12,16-17H,7-9,11,13-14,20H2,1H3/t16?,17-/m1/s1. The molecule has 0 bridgehead atoms. The molecule has 24 heavy (non-hydrogen) atoms. The van der Waals surface area contributed by atoms with Gasteiger partial charge >= 0.3 is 0 Å². The minimum atomic E-state index is -0.430. The summed E-state index contributed by atoms with van der Waals surface area (Å²) in [5, 5.41) is 0. The van der Waals surface area contributed by atoms with E-state index >= 15 is 0 Å². The van der Waals surface area contributed by atoms with Gasteiger partial charge in [0.05, 0.1) is 6.04 Å². The van der Waals surface area contributed by atoms with Crippen molar-refractivity contribution in [2.24, 2.45) is 11.7 Å². The molecule has 2 heterocycles. The average Bonchev–Trinajstić information content (AvgIpc) is 3.07. The summed E-state index contributed by atoms with van der Waals surface area (Å²) in [6, 6.07) is 9.75. The summed E-state index contributed by atoms with van der Waals surface area (Å²) in [7, 11) is 1.87. The number of benzene rings is 1. The molecule has 5 nitrogen and oxygen atoms in total. The third-order valence-electron chi connectivity index (χ3n) is 4.86. The highest BCUT2D eigenvalue weighted by molar-refractivity contribution is 5.81. The van der Waals surface area contributed by atoms with Crippen molar-refractivity contribution in [3.8, 4) is 0 Å². The Bertz CT molecular complexity index is 667. The van der Waals surface area contributed by atoms with Crippen LogP contribution in [0.4, 0.5) is 0 Å². The highest BCUT2D eigenvalue weighted by Gasteiger charge is 2.24. The number of carbonyl (C=O) groups excluding carboxylic acids is 1. The molecule has 1 aliphatic rings. The van der Waals surface area contributed by atoms with Crippen LogP contribution in [0, 0.1) is 5.92 Å². The Morgan fingerprint density at radius 3 is 3.00 bits per heavy atom. The highest BCUT2D eigenvalue weighted by Crippen LogP contribution is 2.20. The van der Waals surface area contributed by atoms with Gasteiger partial charge in [-0.05, 0) is 30.7 Å². The third kappa shape index (κ3) is 4.03. The molecule has 0 radical (unpaired) electrons. The van der Waals surface area contributed by atoms with Crippen LogP contribution in [0.1, 0.15) is 24.2 Å². The highest BCUT2D eigenvalue weighted by atomic mass is 16.2. The van der Waals surface area contributed by atoms with Gasteiger partial charge in [0, 0.05) is 39.0 Å². The molecular weight excluding hydrogens is 300 g/mol. The van der Waals surface area contributed by atoms with E-state index in [-0.39, 0.29) is 5.91 Å². The molecule has 2 atom stereocenters. The first kappa shape index (κ1) is 16.7. The molecule has 1 aromatic carbocycles. The Morgan fingerprint density at radius 1 is 1.42 bits per heavy atom. The quantitative estimate of drug-likeness (QED) is 0.881. The second-order valence-electron chi connectivity index (χ2n) is 6.75. The predicted molar refractivity (Wildman–Crippen MR) is 94.4 cm³/mol. The Balaban J connectivity index is 1.47. The molecule has 5 heteroatoms. The molecule has 0 spiro atoms. The van der Waals surface area contributed by atoms with E-state index in [1.54, 1.807) is 4.90 Å². The Hall–Kier alpha value is -2.14. The second-order valence-corrected chi connectivity index (χ2v) is 6.75. The monoisotopic (exact) mass is 326 g/mol. The van der Waals surface area contributed by atoms with E-state index in [1.165, 1.54) is 5.56 Å². The van der Waals surface area contributed by atoms with Crippen molar-refractivity contribution in [1.29, 1.82) is 0 Å². The van der Waals surface area contributed by atoms with Crippen LogP contribution in [0.2, 0.25) is 0 Å². The molecule has 2 aromatic rings. The fourth-order valence-corrected chi connectivity index (χ4v) is 3.42. The minimum Gasteiger partial charge on any atom is -0.344 e. The summed E-state index contributed by atoms with van der Waals surface area (Å²) < 4.78 is 2.20. The van der Waals surface area contributed by atoms with E-state index in [0.29, 0.717) is 12.3 Å². The molecule has 1 aromatic heterocycles. The first-order valence-electron chi connectivity index (χ1n) is 8.68. The summed E-state index contributed by atoms with van der Waals surface area (Å²) in [4.78, 5) is 18.7. The lowest BCUT2D eigenvalue weighted by Gasteiger charge is -2.29. The molecule has 1 unspecified atom stereocenters. The van der Waals surface area contributed by atoms with Crippen molar-refractivity contribution in [2.75, 3.05) is 13.6 Å². The smallest absolute Gasteiger partial charge is 0.239 e. The Kier molecular flexibility index (Phi) is 5.30. The van der Waals surface area contributed by atoms with Gasteiger partial charge < -0.3 is 15.2 Å². The van der Waals surface area contributed by atoms with Crippen molar-refractivity contribution < 1.29 is 4.79 Å². The van der Waals surface area contributed by atoms with Gasteiger partial charge in [0.1, 0.15) is 5.82 Å². The topological polar surface area (TPSA) is 64.2 Å². The van der Waals surface area contributed by atoms with Crippen molar-refractivity contribution in [3.63, 3.8) is 0 Å². The summed E-state index contributed by atoms with van der Waals surface area (Å²) in [5.41, 5.74) is 7.35. The van der Waals surface area contributed by atoms with Crippen LogP contribution in [0.5, 0.6) is 0 Å². The van der Waals surface area contributed by atoms with E-state index in [9.17, 15) is 4.79 Å². The van der Waals surface area contributed by atoms with E-state index in [2.05, 4.69) is 21.7 Å². The summed E-state index contributed by atoms with van der Waals surface area (Å²) in [6.07, 6.45) is 7.42. The minimum absolute atomic E-state index is 0.0415. The molecule has 1 aliphatic heterocycles. The number of hydrogen-bond acceptors (Lipinski definition) is 3. The van der Waals surface area contributed by atoms with Gasteiger partial charge in [-0.25, -0.2) is 4.98 Å². The van der Waals surface area contributed by atoms with Gasteiger partial charge in [0.25, 0.3) is 0 Å². The molecule has 0 saturated heterocycles. The Morgan fingerprint density at radius 2 is 2.21 bits per heavy atom. The maximum Gasteiger partial charge on any atom is 0.239 e. The van der Waals surface area contributed by atoms with E-state index in [4.69, 9.17) is 5.73 Å². The van der Waals surface area contributed by atoms with Crippen LogP contribution in [0.3, 0.4) is 0 Å². The lowest BCUT2D eigenvalue weighted by Crippen LogP contribution is -2.44. The fourth-order valence-electron chi connectivity index (χ4n) is 3.42. The van der Waals surface area contributed by atoms with E-state index in [0.717, 1.165) is 38.2 Å². The number of nitrogens with two attached hydrogens (primary N) is 1. The first-order chi connectivity index (χ1) is 11.6. The van der Waals surface area contributed by atoms with Crippen LogP contribution < -0.4 is 5.73 Å². The SMILES string of the molecule is CN(CC1CCn2ccnc2C1)C(=O)[C@H](N)CCc1ccccc1. The maximum atomic E-state index is 12.5. The fraction of sp³-hybridized carbons (Fsp3) is 0.474. The molecule has 0 aliphatic carbocycles. The number of carbonyl (C=O) groups is 1. The van der Waals surface area contributed by atoms with Crippen molar-refractivity contribution >= 4 is 5.91 Å². The van der Waals surface area contributed by atoms with E-state index in [1.807, 2.05) is 37.6 Å². The van der Waals surface area contributed by atoms with Crippen LogP contribution in [0.15, 0.2) is 42.7 Å². The zero-order chi connectivity index (χ0) is 16.9. The molecule has 128 valence electrons. The van der Waals surface area contributed by atoms with E-state index < -0.39 is 6.04 Å². The third-order valence-corrected chi connectivity index (χ3v) is 4.86. The number of aryl methyl sites for hydroxylation is 2. The number of amides is 1. The molecule has 0 saturated carbocycles. The molecule has 3 rings (SSSR count). The van der Waals surface area contributed by atoms with Gasteiger partial charge in [-0.15, -0.1) is 0 Å². The number of imidazole rings is 1. The van der Waals surface area contributed by atoms with Gasteiger partial charge in [0.15, 0.2) is 0 Å². The summed E-state index contributed by atoms with van der Waals surface area (Å²) >= 11 is 0. The Labute approximate surface area is 143 Å². The van der Waals surface area contributed by atoms with Crippen LogP contribution in [-0.2, 0) is 24.2 Å². The normalized spacial score (nSPS) is 18.0. The number of aromatic nitrogens is 2. The molecule has 0 fully saturated rings. The number of likely N-dealkylation sites (N-methyl/N-ethyl adjacent to an activating group) is 1. The van der Waals surface area contributed by atoms with Crippen molar-refractivity contribution in [2.45, 2.75) is 38.3 Å². The molecule has 2 N–H and O–H groups in total. The lowest BCUT2D eigenvalue weighted by atomic mass is 9.97. The lowest BCUT2D eigenvalue weighted by molar-refractivity contribution is -0.132. The van der Waals surface area contributed by atoms with Crippen molar-refractivity contribution in [3.05, 3.63) is 54.1 Å². The second kappa shape index (κ2) is 7.62. The zero-order valence-corrected chi connectivity index (χ0v) is 14.3. The predicted octanol–water partition coefficient (Wildman–Crippen LogP) is 1.86. The maximum absolute atomic E-state index is 12.5. The van der Waals surface area contributed by atoms with Gasteiger partial charge in [-0.3, -0.25) is 4.79 Å². The zero-order valence-electron chi connectivity index (χ0n) is 14.3. The number of rotatable bonds is 6. The first-order valence-corrected chi connectivity index (χ1v) is 8.68. The summed E-state index contributed by atoms with van der Waals surface area (Å²) in [5.74, 6) is 1.63. The summed E-state index contributed by atoms with van der Waals surface area (Å²) in [6.45, 7) is 1.74. The average molecular weight is 326 g/mol. The number of fused-ring (bicyclic) bond motifs is 1. The van der Waals surface area contributed by atoms with Gasteiger partial charge in [-0.2, -0.15) is 0 Å². The molecular formula is C19H26N4O. The molecule has 1 amide bonds. The van der Waals surface area contributed by atoms with Crippen LogP contribution in [-0.4, -0.2) is 40.0 Å². The van der Waals surface area contributed by atoms with Crippen LogP contribution in [0.25, 0.3) is 0 Å². The van der Waals surface area contributed by atoms with Crippen molar-refractivity contribution in [1.82, 2.24) is 14.5 Å². The van der Waals surface area contributed by atoms with Gasteiger partial charge in [0.2, 0.25) is 5.91 Å². The van der Waals surface area contributed by atoms with Crippen LogP contribution >= 0.6 is 0 Å².